The summed E-state index contributed by atoms with van der Waals surface area (Å²) in [6, 6.07) is 17.9. The van der Waals surface area contributed by atoms with Gasteiger partial charge in [-0.25, -0.2) is 0 Å². The molecule has 0 radical (unpaired) electrons. The first-order chi connectivity index (χ1) is 17.8. The van der Waals surface area contributed by atoms with Gasteiger partial charge in [0.2, 0.25) is 0 Å². The van der Waals surface area contributed by atoms with E-state index in [4.69, 9.17) is 11.6 Å². The molecule has 2 amide bonds. The molecule has 3 atom stereocenters. The van der Waals surface area contributed by atoms with Crippen molar-refractivity contribution in [3.63, 3.8) is 0 Å². The molecular formula is C29H31ClN4O3. The molecule has 192 valence electrons. The Kier molecular flexibility index (Phi) is 7.07. The van der Waals surface area contributed by atoms with Crippen LogP contribution in [0.2, 0.25) is 5.02 Å². The number of hydrogen-bond acceptors (Lipinski definition) is 4. The average molecular weight is 519 g/mol. The van der Waals surface area contributed by atoms with Gasteiger partial charge >= 0.3 is 0 Å². The van der Waals surface area contributed by atoms with Crippen LogP contribution in [0, 0.1) is 5.92 Å². The maximum atomic E-state index is 13.2. The zero-order valence-electron chi connectivity index (χ0n) is 21.0. The minimum atomic E-state index is -0.333. The van der Waals surface area contributed by atoms with Crippen molar-refractivity contribution >= 4 is 34.8 Å². The van der Waals surface area contributed by atoms with Crippen LogP contribution in [0.5, 0.6) is 0 Å². The number of pyridine rings is 1. The molecule has 5 rings (SSSR count). The second-order valence-corrected chi connectivity index (χ2v) is 10.5. The summed E-state index contributed by atoms with van der Waals surface area (Å²) in [4.78, 5) is 40.8. The van der Waals surface area contributed by atoms with E-state index in [2.05, 4.69) is 15.5 Å². The molecule has 8 heteroatoms. The van der Waals surface area contributed by atoms with Gasteiger partial charge in [0.05, 0.1) is 22.0 Å². The number of benzene rings is 2. The van der Waals surface area contributed by atoms with Crippen molar-refractivity contribution in [2.75, 3.05) is 23.3 Å². The molecule has 37 heavy (non-hydrogen) atoms. The highest BCUT2D eigenvalue weighted by molar-refractivity contribution is 6.34. The third-order valence-corrected chi connectivity index (χ3v) is 7.77. The first-order valence-corrected chi connectivity index (χ1v) is 13.2. The van der Waals surface area contributed by atoms with E-state index >= 15 is 0 Å². The van der Waals surface area contributed by atoms with Crippen LogP contribution < -0.4 is 21.1 Å². The van der Waals surface area contributed by atoms with Crippen LogP contribution in [0.1, 0.15) is 59.0 Å². The second kappa shape index (κ2) is 10.4. The predicted octanol–water partition coefficient (Wildman–Crippen LogP) is 4.91. The van der Waals surface area contributed by atoms with Gasteiger partial charge < -0.3 is 20.1 Å². The first kappa shape index (κ1) is 25.1. The summed E-state index contributed by atoms with van der Waals surface area (Å²) in [6.45, 7) is 6.13. The quantitative estimate of drug-likeness (QED) is 0.486. The molecule has 1 saturated heterocycles. The Morgan fingerprint density at radius 1 is 1.03 bits per heavy atom. The molecular weight excluding hydrogens is 488 g/mol. The van der Waals surface area contributed by atoms with E-state index < -0.39 is 0 Å². The number of rotatable bonds is 6. The predicted molar refractivity (Wildman–Crippen MR) is 147 cm³/mol. The van der Waals surface area contributed by atoms with E-state index in [-0.39, 0.29) is 29.3 Å². The number of fused-ring (bicyclic) bond motifs is 4. The van der Waals surface area contributed by atoms with E-state index in [0.717, 1.165) is 30.8 Å². The number of nitrogens with one attached hydrogen (secondary N) is 2. The SMILES string of the molecule is CC[C@@H](C)NC(=O)c1ccc(N2C[C@H]3C[C@@H](C2)c2cccc(=O)n2C3)c(NC(=O)c2ccccc2Cl)c1. The summed E-state index contributed by atoms with van der Waals surface area (Å²) in [5, 5.41) is 6.38. The lowest BCUT2D eigenvalue weighted by Gasteiger charge is -2.44. The van der Waals surface area contributed by atoms with Crippen molar-refractivity contribution in [3.05, 3.63) is 92.9 Å². The Morgan fingerprint density at radius 2 is 1.84 bits per heavy atom. The number of anilines is 2. The third-order valence-electron chi connectivity index (χ3n) is 7.44. The van der Waals surface area contributed by atoms with Gasteiger partial charge in [-0.05, 0) is 62.1 Å². The van der Waals surface area contributed by atoms with Gasteiger partial charge in [0.1, 0.15) is 0 Å². The molecule has 0 aliphatic carbocycles. The van der Waals surface area contributed by atoms with E-state index in [1.165, 1.54) is 0 Å². The lowest BCUT2D eigenvalue weighted by Crippen LogP contribution is -2.47. The summed E-state index contributed by atoms with van der Waals surface area (Å²) in [5.41, 5.74) is 3.36. The van der Waals surface area contributed by atoms with Crippen LogP contribution >= 0.6 is 11.6 Å². The van der Waals surface area contributed by atoms with Crippen molar-refractivity contribution in [1.82, 2.24) is 9.88 Å². The molecule has 2 bridgehead atoms. The normalized spacial score (nSPS) is 19.1. The third kappa shape index (κ3) is 5.14. The number of aromatic nitrogens is 1. The van der Waals surface area contributed by atoms with Gasteiger partial charge in [-0.1, -0.05) is 36.7 Å². The van der Waals surface area contributed by atoms with Crippen molar-refractivity contribution in [2.45, 2.75) is 45.2 Å². The Morgan fingerprint density at radius 3 is 2.62 bits per heavy atom. The van der Waals surface area contributed by atoms with Crippen LogP contribution in [-0.4, -0.2) is 35.5 Å². The van der Waals surface area contributed by atoms with Crippen LogP contribution in [0.15, 0.2) is 65.5 Å². The number of amides is 2. The van der Waals surface area contributed by atoms with Crippen LogP contribution in [0.4, 0.5) is 11.4 Å². The molecule has 3 heterocycles. The van der Waals surface area contributed by atoms with E-state index in [1.807, 2.05) is 36.6 Å². The summed E-state index contributed by atoms with van der Waals surface area (Å²) in [5.74, 6) is 0.00661. The van der Waals surface area contributed by atoms with Crippen LogP contribution in [0.3, 0.4) is 0 Å². The van der Waals surface area contributed by atoms with Gasteiger partial charge in [-0.15, -0.1) is 0 Å². The molecule has 1 aromatic heterocycles. The van der Waals surface area contributed by atoms with Gasteiger partial charge in [0, 0.05) is 48.9 Å². The summed E-state index contributed by atoms with van der Waals surface area (Å²) in [7, 11) is 0. The Balaban J connectivity index is 1.49. The second-order valence-electron chi connectivity index (χ2n) is 10.1. The molecule has 2 aromatic carbocycles. The number of halogens is 1. The minimum Gasteiger partial charge on any atom is -0.369 e. The maximum absolute atomic E-state index is 13.2. The number of carbonyl (C=O) groups excluding carboxylic acids is 2. The van der Waals surface area contributed by atoms with Gasteiger partial charge in [0.15, 0.2) is 0 Å². The highest BCUT2D eigenvalue weighted by Gasteiger charge is 2.35. The molecule has 2 aliphatic rings. The monoisotopic (exact) mass is 518 g/mol. The topological polar surface area (TPSA) is 83.4 Å². The summed E-state index contributed by atoms with van der Waals surface area (Å²) in [6.07, 6.45) is 1.84. The Bertz CT molecular complexity index is 1400. The Hall–Kier alpha value is -3.58. The van der Waals surface area contributed by atoms with Crippen LogP contribution in [-0.2, 0) is 6.54 Å². The number of carbonyl (C=O) groups is 2. The Labute approximate surface area is 221 Å². The fourth-order valence-electron chi connectivity index (χ4n) is 5.39. The fraction of sp³-hybridized carbons (Fsp3) is 0.345. The van der Waals surface area contributed by atoms with Crippen LogP contribution in [0.25, 0.3) is 0 Å². The average Bonchev–Trinajstić information content (AvgIpc) is 2.89. The van der Waals surface area contributed by atoms with E-state index in [0.29, 0.717) is 40.8 Å². The maximum Gasteiger partial charge on any atom is 0.257 e. The minimum absolute atomic E-state index is 0.0401. The summed E-state index contributed by atoms with van der Waals surface area (Å²) < 4.78 is 1.90. The zero-order valence-corrected chi connectivity index (χ0v) is 21.8. The van der Waals surface area contributed by atoms with Crippen molar-refractivity contribution < 1.29 is 9.59 Å². The molecule has 0 saturated carbocycles. The van der Waals surface area contributed by atoms with Crippen molar-refractivity contribution in [2.24, 2.45) is 5.92 Å². The van der Waals surface area contributed by atoms with E-state index in [1.54, 1.807) is 42.5 Å². The lowest BCUT2D eigenvalue weighted by atomic mass is 9.83. The number of hydrogen-bond donors (Lipinski definition) is 2. The highest BCUT2D eigenvalue weighted by atomic mass is 35.5. The zero-order chi connectivity index (χ0) is 26.1. The molecule has 2 aliphatic heterocycles. The standard InChI is InChI=1S/C29H31ClN4O3/c1-3-18(2)31-28(36)20-11-12-26(24(14-20)32-29(37)22-7-4-5-8-23(22)30)33-15-19-13-21(17-33)25-9-6-10-27(35)34(25)16-19/h4-12,14,18-19,21H,3,13,15-17H2,1-2H3,(H,31,36)(H,32,37)/t18-,19-,21+/m1/s1. The largest absolute Gasteiger partial charge is 0.369 e. The lowest BCUT2D eigenvalue weighted by molar-refractivity contribution is 0.0938. The fourth-order valence-corrected chi connectivity index (χ4v) is 5.61. The van der Waals surface area contributed by atoms with Gasteiger partial charge in [0.25, 0.3) is 17.4 Å². The molecule has 0 unspecified atom stereocenters. The van der Waals surface area contributed by atoms with Gasteiger partial charge in [-0.2, -0.15) is 0 Å². The van der Waals surface area contributed by atoms with Gasteiger partial charge in [-0.3, -0.25) is 14.4 Å². The van der Waals surface area contributed by atoms with Crippen molar-refractivity contribution in [3.8, 4) is 0 Å². The molecule has 3 aromatic rings. The smallest absolute Gasteiger partial charge is 0.257 e. The molecule has 0 spiro atoms. The number of nitrogens with zero attached hydrogens (tertiary/aromatic N) is 2. The molecule has 7 nitrogen and oxygen atoms in total. The summed E-state index contributed by atoms with van der Waals surface area (Å²) >= 11 is 6.29. The highest BCUT2D eigenvalue weighted by Crippen LogP contribution is 2.39. The molecule has 2 N–H and O–H groups in total. The number of piperidine rings is 1. The van der Waals surface area contributed by atoms with Crippen molar-refractivity contribution in [1.29, 1.82) is 0 Å². The first-order valence-electron chi connectivity index (χ1n) is 12.8. The molecule has 1 fully saturated rings. The van der Waals surface area contributed by atoms with E-state index in [9.17, 15) is 14.4 Å².